The van der Waals surface area contributed by atoms with Gasteiger partial charge in [0.2, 0.25) is 5.91 Å². The van der Waals surface area contributed by atoms with Gasteiger partial charge < -0.3 is 14.8 Å². The van der Waals surface area contributed by atoms with Crippen LogP contribution in [0, 0.1) is 17.3 Å². The first kappa shape index (κ1) is 17.2. The number of hydrogen-bond donors (Lipinski definition) is 1. The minimum Gasteiger partial charge on any atom is -0.493 e. The Kier molecular flexibility index (Phi) is 4.25. The maximum Gasteiger partial charge on any atom is 0.224 e. The fourth-order valence-corrected chi connectivity index (χ4v) is 7.51. The fraction of sp³-hybridized carbons (Fsp3) is 0.650. The molecule has 4 atom stereocenters. The average Bonchev–Trinajstić information content (AvgIpc) is 2.51. The number of amides is 1. The van der Waals surface area contributed by atoms with E-state index >= 15 is 0 Å². The Morgan fingerprint density at radius 1 is 1.16 bits per heavy atom. The molecule has 136 valence electrons. The molecule has 0 aromatic heterocycles. The van der Waals surface area contributed by atoms with Crippen LogP contribution in [0.1, 0.15) is 44.9 Å². The molecule has 1 amide bonds. The van der Waals surface area contributed by atoms with E-state index in [0.29, 0.717) is 22.2 Å². The summed E-state index contributed by atoms with van der Waals surface area (Å²) in [7, 11) is 3.22. The van der Waals surface area contributed by atoms with E-state index in [0.717, 1.165) is 23.9 Å². The zero-order valence-corrected chi connectivity index (χ0v) is 16.5. The minimum absolute atomic E-state index is 0.116. The first-order valence-electron chi connectivity index (χ1n) is 9.13. The summed E-state index contributed by atoms with van der Waals surface area (Å²) in [5.74, 6) is 3.02. The maximum atomic E-state index is 12.8. The molecule has 5 rings (SSSR count). The largest absolute Gasteiger partial charge is 0.493 e. The molecule has 2 unspecified atom stereocenters. The smallest absolute Gasteiger partial charge is 0.224 e. The van der Waals surface area contributed by atoms with Gasteiger partial charge in [0, 0.05) is 22.5 Å². The van der Waals surface area contributed by atoms with Crippen molar-refractivity contribution in [1.29, 1.82) is 0 Å². The van der Waals surface area contributed by atoms with Gasteiger partial charge in [0.15, 0.2) is 11.5 Å². The Labute approximate surface area is 157 Å². The second-order valence-electron chi connectivity index (χ2n) is 8.41. The monoisotopic (exact) mass is 407 g/mol. The van der Waals surface area contributed by atoms with Crippen molar-refractivity contribution in [3.63, 3.8) is 0 Å². The number of benzene rings is 1. The number of rotatable bonds is 5. The van der Waals surface area contributed by atoms with E-state index in [2.05, 4.69) is 21.2 Å². The van der Waals surface area contributed by atoms with Gasteiger partial charge in [-0.1, -0.05) is 15.9 Å². The van der Waals surface area contributed by atoms with Crippen LogP contribution in [0.5, 0.6) is 11.5 Å². The first-order valence-corrected chi connectivity index (χ1v) is 9.93. The van der Waals surface area contributed by atoms with Crippen molar-refractivity contribution in [3.05, 3.63) is 18.2 Å². The van der Waals surface area contributed by atoms with Crippen molar-refractivity contribution in [2.24, 2.45) is 17.3 Å². The molecule has 5 heteroatoms. The third kappa shape index (κ3) is 3.27. The third-order valence-corrected chi connectivity index (χ3v) is 7.24. The number of nitrogens with one attached hydrogen (secondary N) is 1. The van der Waals surface area contributed by atoms with E-state index in [4.69, 9.17) is 9.47 Å². The predicted molar refractivity (Wildman–Crippen MR) is 102 cm³/mol. The Morgan fingerprint density at radius 3 is 2.44 bits per heavy atom. The topological polar surface area (TPSA) is 47.6 Å². The molecule has 0 saturated heterocycles. The van der Waals surface area contributed by atoms with Gasteiger partial charge in [0.25, 0.3) is 0 Å². The highest BCUT2D eigenvalue weighted by molar-refractivity contribution is 9.10. The lowest BCUT2D eigenvalue weighted by Gasteiger charge is -2.60. The lowest BCUT2D eigenvalue weighted by molar-refractivity contribution is -0.123. The number of alkyl halides is 1. The molecule has 0 heterocycles. The quantitative estimate of drug-likeness (QED) is 0.715. The molecule has 1 aromatic carbocycles. The molecule has 25 heavy (non-hydrogen) atoms. The highest BCUT2D eigenvalue weighted by Crippen LogP contribution is 2.65. The number of anilines is 1. The minimum atomic E-state index is 0.116. The van der Waals surface area contributed by atoms with Crippen molar-refractivity contribution in [3.8, 4) is 11.5 Å². The molecule has 0 aliphatic heterocycles. The highest BCUT2D eigenvalue weighted by Gasteiger charge is 2.57. The van der Waals surface area contributed by atoms with E-state index in [9.17, 15) is 4.79 Å². The summed E-state index contributed by atoms with van der Waals surface area (Å²) >= 11 is 4.02. The van der Waals surface area contributed by atoms with Gasteiger partial charge in [0.05, 0.1) is 14.2 Å². The van der Waals surface area contributed by atoms with E-state index in [1.165, 1.54) is 32.1 Å². The van der Waals surface area contributed by atoms with E-state index in [-0.39, 0.29) is 11.3 Å². The maximum absolute atomic E-state index is 12.8. The summed E-state index contributed by atoms with van der Waals surface area (Å²) in [6, 6.07) is 5.51. The Balaban J connectivity index is 1.46. The molecule has 4 saturated carbocycles. The molecule has 4 bridgehead atoms. The van der Waals surface area contributed by atoms with Gasteiger partial charge in [-0.15, -0.1) is 0 Å². The number of carbonyl (C=O) groups is 1. The van der Waals surface area contributed by atoms with E-state index in [1.807, 2.05) is 18.2 Å². The van der Waals surface area contributed by atoms with Gasteiger partial charge >= 0.3 is 0 Å². The van der Waals surface area contributed by atoms with Crippen LogP contribution in [0.25, 0.3) is 0 Å². The van der Waals surface area contributed by atoms with Gasteiger partial charge in [0.1, 0.15) is 0 Å². The SMILES string of the molecule is COc1ccc(NC(=O)CC23C[C@@H]4C[C@@H](CC(Br)(C4)C2)C3)cc1OC. The fourth-order valence-electron chi connectivity index (χ4n) is 6.00. The normalized spacial score (nSPS) is 35.5. The summed E-state index contributed by atoms with van der Waals surface area (Å²) in [6.45, 7) is 0. The van der Waals surface area contributed by atoms with Crippen LogP contribution in [0.4, 0.5) is 5.69 Å². The summed E-state index contributed by atoms with van der Waals surface area (Å²) in [5, 5.41) is 3.07. The summed E-state index contributed by atoms with van der Waals surface area (Å²) in [4.78, 5) is 12.8. The van der Waals surface area contributed by atoms with Crippen LogP contribution in [0.2, 0.25) is 0 Å². The molecular weight excluding hydrogens is 382 g/mol. The standard InChI is InChI=1S/C20H26BrNO3/c1-24-16-4-3-15(6-17(16)25-2)22-18(23)11-19-7-13-5-14(8-19)10-20(21,9-13)12-19/h3-4,6,13-14H,5,7-12H2,1-2H3,(H,22,23)/t13-,14+,19?,20?. The van der Waals surface area contributed by atoms with Crippen LogP contribution in [0.15, 0.2) is 18.2 Å². The second kappa shape index (κ2) is 6.19. The summed E-state index contributed by atoms with van der Waals surface area (Å²) < 4.78 is 10.9. The van der Waals surface area contributed by atoms with Crippen LogP contribution in [-0.4, -0.2) is 24.5 Å². The third-order valence-electron chi connectivity index (χ3n) is 6.31. The lowest BCUT2D eigenvalue weighted by Crippen LogP contribution is -2.53. The molecule has 4 fully saturated rings. The molecule has 4 aliphatic carbocycles. The molecule has 1 N–H and O–H groups in total. The lowest BCUT2D eigenvalue weighted by atomic mass is 9.48. The van der Waals surface area contributed by atoms with Crippen molar-refractivity contribution in [1.82, 2.24) is 0 Å². The van der Waals surface area contributed by atoms with E-state index in [1.54, 1.807) is 14.2 Å². The van der Waals surface area contributed by atoms with Crippen LogP contribution < -0.4 is 14.8 Å². The Hall–Kier alpha value is -1.23. The van der Waals surface area contributed by atoms with Gasteiger partial charge in [-0.05, 0) is 67.9 Å². The second-order valence-corrected chi connectivity index (χ2v) is 10.1. The van der Waals surface area contributed by atoms with E-state index < -0.39 is 0 Å². The molecule has 0 radical (unpaired) electrons. The number of ether oxygens (including phenoxy) is 2. The first-order chi connectivity index (χ1) is 11.9. The zero-order chi connectivity index (χ0) is 17.7. The number of methoxy groups -OCH3 is 2. The van der Waals surface area contributed by atoms with Crippen LogP contribution in [-0.2, 0) is 4.79 Å². The summed E-state index contributed by atoms with van der Waals surface area (Å²) in [6.07, 6.45) is 8.16. The van der Waals surface area contributed by atoms with Gasteiger partial charge in [-0.3, -0.25) is 4.79 Å². The Bertz CT molecular complexity index is 676. The van der Waals surface area contributed by atoms with Crippen molar-refractivity contribution < 1.29 is 14.3 Å². The number of hydrogen-bond acceptors (Lipinski definition) is 3. The Morgan fingerprint density at radius 2 is 1.84 bits per heavy atom. The predicted octanol–water partition coefficient (Wildman–Crippen LogP) is 4.77. The summed E-state index contributed by atoms with van der Waals surface area (Å²) in [5.41, 5.74) is 0.953. The molecule has 0 spiro atoms. The highest BCUT2D eigenvalue weighted by atomic mass is 79.9. The van der Waals surface area contributed by atoms with Gasteiger partial charge in [-0.25, -0.2) is 0 Å². The van der Waals surface area contributed by atoms with Crippen LogP contribution in [0.3, 0.4) is 0 Å². The van der Waals surface area contributed by atoms with Crippen molar-refractivity contribution in [2.75, 3.05) is 19.5 Å². The molecule has 4 nitrogen and oxygen atoms in total. The van der Waals surface area contributed by atoms with Crippen molar-refractivity contribution >= 4 is 27.5 Å². The molecular formula is C20H26BrNO3. The molecule has 4 aliphatic rings. The number of halogens is 1. The average molecular weight is 408 g/mol. The zero-order valence-electron chi connectivity index (χ0n) is 14.9. The van der Waals surface area contributed by atoms with Crippen LogP contribution >= 0.6 is 15.9 Å². The van der Waals surface area contributed by atoms with Crippen molar-refractivity contribution in [2.45, 2.75) is 49.3 Å². The van der Waals surface area contributed by atoms with Gasteiger partial charge in [-0.2, -0.15) is 0 Å². The number of carbonyl (C=O) groups excluding carboxylic acids is 1. The molecule has 1 aromatic rings.